The molecule has 4 nitrogen and oxygen atoms in total. The second kappa shape index (κ2) is 6.78. The van der Waals surface area contributed by atoms with Crippen LogP contribution in [-0.4, -0.2) is 19.6 Å². The second-order valence-electron chi connectivity index (χ2n) is 5.92. The Morgan fingerprint density at radius 3 is 2.67 bits per heavy atom. The lowest BCUT2D eigenvalue weighted by molar-refractivity contribution is 0.0602. The number of nitrogens with one attached hydrogen (secondary N) is 1. The summed E-state index contributed by atoms with van der Waals surface area (Å²) in [6.07, 6.45) is 4.77. The molecular formula is C16H23FN2O2. The van der Waals surface area contributed by atoms with Gasteiger partial charge in [0.1, 0.15) is 5.82 Å². The van der Waals surface area contributed by atoms with E-state index >= 15 is 0 Å². The first-order valence-corrected chi connectivity index (χ1v) is 7.42. The molecule has 1 aliphatic carbocycles. The smallest absolute Gasteiger partial charge is 0.340 e. The number of nitrogens with two attached hydrogens (primary N) is 1. The molecule has 0 aromatic heterocycles. The van der Waals surface area contributed by atoms with E-state index in [-0.39, 0.29) is 11.3 Å². The average molecular weight is 294 g/mol. The first-order valence-electron chi connectivity index (χ1n) is 7.42. The lowest BCUT2D eigenvalue weighted by atomic mass is 9.83. The SMILES string of the molecule is COC(=O)c1cc(NCC2CCC(C)CC2)c(F)cc1N. The number of carbonyl (C=O) groups is 1. The summed E-state index contributed by atoms with van der Waals surface area (Å²) in [5.41, 5.74) is 6.25. The van der Waals surface area contributed by atoms with Gasteiger partial charge in [-0.15, -0.1) is 0 Å². The fourth-order valence-electron chi connectivity index (χ4n) is 2.80. The van der Waals surface area contributed by atoms with E-state index in [1.165, 1.54) is 26.0 Å². The van der Waals surface area contributed by atoms with Crippen molar-refractivity contribution < 1.29 is 13.9 Å². The summed E-state index contributed by atoms with van der Waals surface area (Å²) in [6.45, 7) is 2.99. The maximum Gasteiger partial charge on any atom is 0.340 e. The van der Waals surface area contributed by atoms with Gasteiger partial charge in [-0.25, -0.2) is 9.18 Å². The summed E-state index contributed by atoms with van der Waals surface area (Å²) in [6, 6.07) is 2.60. The highest BCUT2D eigenvalue weighted by Gasteiger charge is 2.19. The molecule has 0 bridgehead atoms. The predicted octanol–water partition coefficient (Wildman–Crippen LogP) is 3.43. The number of methoxy groups -OCH3 is 1. The number of halogens is 1. The highest BCUT2D eigenvalue weighted by Crippen LogP contribution is 2.29. The molecule has 0 radical (unpaired) electrons. The van der Waals surface area contributed by atoms with Gasteiger partial charge in [0.05, 0.1) is 18.4 Å². The monoisotopic (exact) mass is 294 g/mol. The summed E-state index contributed by atoms with van der Waals surface area (Å²) >= 11 is 0. The number of rotatable bonds is 4. The summed E-state index contributed by atoms with van der Waals surface area (Å²) in [4.78, 5) is 11.6. The van der Waals surface area contributed by atoms with E-state index in [2.05, 4.69) is 17.0 Å². The standard InChI is InChI=1S/C16H23FN2O2/c1-10-3-5-11(6-4-10)9-19-15-7-12(16(20)21-2)14(18)8-13(15)17/h7-8,10-11,19H,3-6,9,18H2,1-2H3. The molecule has 1 fully saturated rings. The van der Waals surface area contributed by atoms with E-state index in [1.54, 1.807) is 0 Å². The normalized spacial score (nSPS) is 21.9. The molecule has 21 heavy (non-hydrogen) atoms. The van der Waals surface area contributed by atoms with Gasteiger partial charge in [0.2, 0.25) is 0 Å². The number of hydrogen-bond acceptors (Lipinski definition) is 4. The molecule has 1 saturated carbocycles. The van der Waals surface area contributed by atoms with Gasteiger partial charge in [0, 0.05) is 12.2 Å². The van der Waals surface area contributed by atoms with Gasteiger partial charge in [-0.2, -0.15) is 0 Å². The minimum Gasteiger partial charge on any atom is -0.465 e. The number of ether oxygens (including phenoxy) is 1. The molecule has 0 aliphatic heterocycles. The van der Waals surface area contributed by atoms with Crippen molar-refractivity contribution >= 4 is 17.3 Å². The van der Waals surface area contributed by atoms with Crippen molar-refractivity contribution in [2.75, 3.05) is 24.7 Å². The van der Waals surface area contributed by atoms with E-state index in [9.17, 15) is 9.18 Å². The highest BCUT2D eigenvalue weighted by atomic mass is 19.1. The number of anilines is 2. The molecule has 0 unspecified atom stereocenters. The summed E-state index contributed by atoms with van der Waals surface area (Å²) < 4.78 is 18.6. The lowest BCUT2D eigenvalue weighted by Crippen LogP contribution is -2.20. The largest absolute Gasteiger partial charge is 0.465 e. The third-order valence-electron chi connectivity index (χ3n) is 4.26. The van der Waals surface area contributed by atoms with Crippen LogP contribution in [0.1, 0.15) is 43.0 Å². The quantitative estimate of drug-likeness (QED) is 0.659. The fourth-order valence-corrected chi connectivity index (χ4v) is 2.80. The van der Waals surface area contributed by atoms with E-state index in [4.69, 9.17) is 5.73 Å². The number of benzene rings is 1. The Morgan fingerprint density at radius 2 is 2.05 bits per heavy atom. The van der Waals surface area contributed by atoms with Crippen LogP contribution in [0.25, 0.3) is 0 Å². The fraction of sp³-hybridized carbons (Fsp3) is 0.562. The molecule has 1 aromatic rings. The van der Waals surface area contributed by atoms with Crippen LogP contribution in [0.5, 0.6) is 0 Å². The van der Waals surface area contributed by atoms with Crippen molar-refractivity contribution in [3.8, 4) is 0 Å². The Bertz CT molecular complexity index is 511. The Balaban J connectivity index is 2.04. The zero-order valence-electron chi connectivity index (χ0n) is 12.6. The minimum absolute atomic E-state index is 0.0939. The molecule has 2 rings (SSSR count). The van der Waals surface area contributed by atoms with Gasteiger partial charge in [0.25, 0.3) is 0 Å². The van der Waals surface area contributed by atoms with Gasteiger partial charge in [-0.05, 0) is 36.8 Å². The first kappa shape index (κ1) is 15.6. The Hall–Kier alpha value is -1.78. The summed E-state index contributed by atoms with van der Waals surface area (Å²) in [5.74, 6) is 0.353. The Kier molecular flexibility index (Phi) is 5.04. The molecule has 0 amide bonds. The molecule has 1 aliphatic rings. The minimum atomic E-state index is -0.554. The second-order valence-corrected chi connectivity index (χ2v) is 5.92. The predicted molar refractivity (Wildman–Crippen MR) is 81.8 cm³/mol. The van der Waals surface area contributed by atoms with E-state index in [0.29, 0.717) is 18.2 Å². The third-order valence-corrected chi connectivity index (χ3v) is 4.26. The third kappa shape index (κ3) is 3.86. The van der Waals surface area contributed by atoms with Gasteiger partial charge in [-0.1, -0.05) is 19.8 Å². The molecule has 116 valence electrons. The van der Waals surface area contributed by atoms with Gasteiger partial charge >= 0.3 is 5.97 Å². The zero-order valence-corrected chi connectivity index (χ0v) is 12.6. The molecule has 0 saturated heterocycles. The van der Waals surface area contributed by atoms with Crippen LogP contribution in [0.3, 0.4) is 0 Å². The molecule has 1 aromatic carbocycles. The van der Waals surface area contributed by atoms with Crippen molar-refractivity contribution in [3.05, 3.63) is 23.5 Å². The summed E-state index contributed by atoms with van der Waals surface area (Å²) in [5, 5.41) is 3.11. The molecule has 0 spiro atoms. The van der Waals surface area contributed by atoms with Crippen LogP contribution in [0.15, 0.2) is 12.1 Å². The van der Waals surface area contributed by atoms with E-state index < -0.39 is 11.8 Å². The number of carbonyl (C=O) groups excluding carboxylic acids is 1. The van der Waals surface area contributed by atoms with Crippen LogP contribution in [0.4, 0.5) is 15.8 Å². The lowest BCUT2D eigenvalue weighted by Gasteiger charge is -2.26. The number of nitrogen functional groups attached to an aromatic ring is 1. The maximum atomic E-state index is 13.9. The van der Waals surface area contributed by atoms with E-state index in [0.717, 1.165) is 24.8 Å². The van der Waals surface area contributed by atoms with Crippen molar-refractivity contribution in [2.24, 2.45) is 11.8 Å². The Labute approximate surface area is 124 Å². The molecule has 3 N–H and O–H groups in total. The van der Waals surface area contributed by atoms with Crippen molar-refractivity contribution in [3.63, 3.8) is 0 Å². The summed E-state index contributed by atoms with van der Waals surface area (Å²) in [7, 11) is 1.28. The van der Waals surface area contributed by atoms with Gasteiger partial charge < -0.3 is 15.8 Å². The van der Waals surface area contributed by atoms with Crippen LogP contribution < -0.4 is 11.1 Å². The van der Waals surface area contributed by atoms with Crippen LogP contribution in [-0.2, 0) is 4.74 Å². The van der Waals surface area contributed by atoms with Crippen LogP contribution >= 0.6 is 0 Å². The maximum absolute atomic E-state index is 13.9. The molecule has 5 heteroatoms. The van der Waals surface area contributed by atoms with Gasteiger partial charge in [0.15, 0.2) is 0 Å². The van der Waals surface area contributed by atoms with Crippen molar-refractivity contribution in [1.82, 2.24) is 0 Å². The first-order chi connectivity index (χ1) is 10.0. The highest BCUT2D eigenvalue weighted by molar-refractivity contribution is 5.96. The topological polar surface area (TPSA) is 64.3 Å². The van der Waals surface area contributed by atoms with Gasteiger partial charge in [-0.3, -0.25) is 0 Å². The average Bonchev–Trinajstić information content (AvgIpc) is 2.47. The molecular weight excluding hydrogens is 271 g/mol. The van der Waals surface area contributed by atoms with Crippen LogP contribution in [0.2, 0.25) is 0 Å². The zero-order chi connectivity index (χ0) is 15.4. The Morgan fingerprint density at radius 1 is 1.38 bits per heavy atom. The van der Waals surface area contributed by atoms with Crippen LogP contribution in [0, 0.1) is 17.7 Å². The molecule has 0 heterocycles. The van der Waals surface area contributed by atoms with Crippen molar-refractivity contribution in [1.29, 1.82) is 0 Å². The van der Waals surface area contributed by atoms with E-state index in [1.807, 2.05) is 0 Å². The number of esters is 1. The molecule has 0 atom stereocenters. The number of hydrogen-bond donors (Lipinski definition) is 2. The van der Waals surface area contributed by atoms with Crippen molar-refractivity contribution in [2.45, 2.75) is 32.6 Å².